The standard InChI is InChI=1S/C11H11N5S/c12-11(17)16-15-5-8-2-1-3-9(4-8)10-6-13-7-14-10/h1-7H,(H,13,14)(H3,12,16,17). The molecule has 0 aliphatic heterocycles. The highest BCUT2D eigenvalue weighted by atomic mass is 32.1. The van der Waals surface area contributed by atoms with Crippen LogP contribution in [0.2, 0.25) is 0 Å². The summed E-state index contributed by atoms with van der Waals surface area (Å²) in [5.74, 6) is 0. The van der Waals surface area contributed by atoms with Crippen molar-refractivity contribution in [3.05, 3.63) is 42.4 Å². The highest BCUT2D eigenvalue weighted by molar-refractivity contribution is 7.80. The minimum absolute atomic E-state index is 0.144. The average Bonchev–Trinajstić information content (AvgIpc) is 2.82. The molecule has 0 radical (unpaired) electrons. The largest absolute Gasteiger partial charge is 0.375 e. The molecule has 0 atom stereocenters. The number of H-pyrrole nitrogens is 1. The summed E-state index contributed by atoms with van der Waals surface area (Å²) < 4.78 is 0. The van der Waals surface area contributed by atoms with Gasteiger partial charge in [0.25, 0.3) is 0 Å². The molecule has 1 heterocycles. The van der Waals surface area contributed by atoms with Crippen LogP contribution in [-0.4, -0.2) is 21.3 Å². The summed E-state index contributed by atoms with van der Waals surface area (Å²) in [6.07, 6.45) is 5.06. The van der Waals surface area contributed by atoms with Gasteiger partial charge in [0, 0.05) is 5.56 Å². The van der Waals surface area contributed by atoms with E-state index < -0.39 is 0 Å². The van der Waals surface area contributed by atoms with Crippen LogP contribution in [0.15, 0.2) is 41.9 Å². The Morgan fingerprint density at radius 3 is 3.12 bits per heavy atom. The van der Waals surface area contributed by atoms with Gasteiger partial charge < -0.3 is 10.7 Å². The zero-order valence-corrected chi connectivity index (χ0v) is 9.74. The van der Waals surface area contributed by atoms with E-state index in [1.165, 1.54) is 0 Å². The van der Waals surface area contributed by atoms with Crippen molar-refractivity contribution in [3.8, 4) is 11.3 Å². The fourth-order valence-electron chi connectivity index (χ4n) is 1.37. The lowest BCUT2D eigenvalue weighted by Crippen LogP contribution is -2.23. The average molecular weight is 245 g/mol. The van der Waals surface area contributed by atoms with E-state index in [1.54, 1.807) is 18.7 Å². The van der Waals surface area contributed by atoms with Crippen LogP contribution >= 0.6 is 12.2 Å². The molecular weight excluding hydrogens is 234 g/mol. The van der Waals surface area contributed by atoms with Gasteiger partial charge in [0.1, 0.15) is 0 Å². The lowest BCUT2D eigenvalue weighted by Gasteiger charge is -1.99. The number of imidazole rings is 1. The third-order valence-corrected chi connectivity index (χ3v) is 2.18. The quantitative estimate of drug-likeness (QED) is 0.432. The number of thiocarbonyl (C=S) groups is 1. The molecule has 1 aromatic carbocycles. The minimum Gasteiger partial charge on any atom is -0.375 e. The number of rotatable bonds is 3. The first-order valence-corrected chi connectivity index (χ1v) is 5.34. The maximum absolute atomic E-state index is 5.26. The van der Waals surface area contributed by atoms with Gasteiger partial charge in [0.2, 0.25) is 0 Å². The maximum atomic E-state index is 5.26. The summed E-state index contributed by atoms with van der Waals surface area (Å²) in [5, 5.41) is 4.04. The zero-order chi connectivity index (χ0) is 12.1. The summed E-state index contributed by atoms with van der Waals surface area (Å²) >= 11 is 4.64. The van der Waals surface area contributed by atoms with Crippen molar-refractivity contribution < 1.29 is 0 Å². The summed E-state index contributed by atoms with van der Waals surface area (Å²) in [6, 6.07) is 7.85. The number of hydrogen-bond donors (Lipinski definition) is 3. The first kappa shape index (κ1) is 11.3. The Labute approximate surface area is 104 Å². The molecule has 2 rings (SSSR count). The number of hydrazone groups is 1. The van der Waals surface area contributed by atoms with Gasteiger partial charge in [0.15, 0.2) is 5.11 Å². The Morgan fingerprint density at radius 1 is 1.53 bits per heavy atom. The van der Waals surface area contributed by atoms with Crippen LogP contribution in [0.25, 0.3) is 11.3 Å². The Kier molecular flexibility index (Phi) is 3.46. The topological polar surface area (TPSA) is 79.1 Å². The first-order valence-electron chi connectivity index (χ1n) is 4.93. The molecule has 6 heteroatoms. The van der Waals surface area contributed by atoms with E-state index in [2.05, 4.69) is 32.7 Å². The Morgan fingerprint density at radius 2 is 2.41 bits per heavy atom. The van der Waals surface area contributed by atoms with Crippen molar-refractivity contribution >= 4 is 23.5 Å². The SMILES string of the molecule is NC(=S)NN=Cc1cccc(-c2cnc[nH]2)c1. The van der Waals surface area contributed by atoms with Crippen LogP contribution < -0.4 is 11.2 Å². The molecule has 1 aromatic heterocycles. The number of aromatic amines is 1. The molecule has 0 saturated heterocycles. The van der Waals surface area contributed by atoms with E-state index in [0.29, 0.717) is 0 Å². The van der Waals surface area contributed by atoms with Crippen molar-refractivity contribution in [2.75, 3.05) is 0 Å². The van der Waals surface area contributed by atoms with E-state index in [4.69, 9.17) is 5.73 Å². The van der Waals surface area contributed by atoms with Gasteiger partial charge in [0.05, 0.1) is 24.4 Å². The molecule has 2 aromatic rings. The monoisotopic (exact) mass is 245 g/mol. The van der Waals surface area contributed by atoms with Gasteiger partial charge in [-0.25, -0.2) is 4.98 Å². The Hall–Kier alpha value is -2.21. The molecule has 0 fully saturated rings. The molecule has 0 bridgehead atoms. The summed E-state index contributed by atoms with van der Waals surface area (Å²) in [4.78, 5) is 7.02. The summed E-state index contributed by atoms with van der Waals surface area (Å²) in [6.45, 7) is 0. The molecule has 17 heavy (non-hydrogen) atoms. The van der Waals surface area contributed by atoms with Crippen molar-refractivity contribution in [2.45, 2.75) is 0 Å². The van der Waals surface area contributed by atoms with Gasteiger partial charge in [-0.1, -0.05) is 18.2 Å². The second-order valence-electron chi connectivity index (χ2n) is 3.32. The molecule has 4 N–H and O–H groups in total. The Balaban J connectivity index is 2.17. The predicted octanol–water partition coefficient (Wildman–Crippen LogP) is 1.24. The number of aromatic nitrogens is 2. The molecular formula is C11H11N5S. The molecule has 0 aliphatic carbocycles. The van der Waals surface area contributed by atoms with Gasteiger partial charge in [-0.3, -0.25) is 5.43 Å². The lowest BCUT2D eigenvalue weighted by molar-refractivity contribution is 1.04. The maximum Gasteiger partial charge on any atom is 0.184 e. The van der Waals surface area contributed by atoms with E-state index in [-0.39, 0.29) is 5.11 Å². The number of hydrogen-bond acceptors (Lipinski definition) is 3. The first-order chi connectivity index (χ1) is 8.25. The minimum atomic E-state index is 0.144. The number of nitrogens with zero attached hydrogens (tertiary/aromatic N) is 2. The van der Waals surface area contributed by atoms with Gasteiger partial charge in [-0.2, -0.15) is 5.10 Å². The van der Waals surface area contributed by atoms with Crippen LogP contribution in [-0.2, 0) is 0 Å². The third-order valence-electron chi connectivity index (χ3n) is 2.08. The highest BCUT2D eigenvalue weighted by Gasteiger charge is 1.98. The second-order valence-corrected chi connectivity index (χ2v) is 3.76. The normalized spacial score (nSPS) is 10.6. The Bertz CT molecular complexity index is 533. The van der Waals surface area contributed by atoms with E-state index in [0.717, 1.165) is 16.8 Å². The summed E-state index contributed by atoms with van der Waals surface area (Å²) in [5.41, 5.74) is 10.7. The van der Waals surface area contributed by atoms with E-state index in [9.17, 15) is 0 Å². The molecule has 0 saturated carbocycles. The van der Waals surface area contributed by atoms with Gasteiger partial charge in [-0.05, 0) is 23.8 Å². The van der Waals surface area contributed by atoms with Gasteiger partial charge >= 0.3 is 0 Å². The highest BCUT2D eigenvalue weighted by Crippen LogP contribution is 2.16. The van der Waals surface area contributed by atoms with E-state index >= 15 is 0 Å². The van der Waals surface area contributed by atoms with E-state index in [1.807, 2.05) is 24.3 Å². The fraction of sp³-hybridized carbons (Fsp3) is 0. The van der Waals surface area contributed by atoms with Crippen LogP contribution in [0.5, 0.6) is 0 Å². The molecule has 0 spiro atoms. The molecule has 86 valence electrons. The lowest BCUT2D eigenvalue weighted by atomic mass is 10.1. The van der Waals surface area contributed by atoms with Crippen molar-refractivity contribution in [3.63, 3.8) is 0 Å². The molecule has 5 nitrogen and oxygen atoms in total. The summed E-state index contributed by atoms with van der Waals surface area (Å²) in [7, 11) is 0. The predicted molar refractivity (Wildman–Crippen MR) is 71.5 cm³/mol. The van der Waals surface area contributed by atoms with Crippen molar-refractivity contribution in [2.24, 2.45) is 10.8 Å². The van der Waals surface area contributed by atoms with Crippen LogP contribution in [0, 0.1) is 0 Å². The number of nitrogens with one attached hydrogen (secondary N) is 2. The zero-order valence-electron chi connectivity index (χ0n) is 8.92. The van der Waals surface area contributed by atoms with Crippen LogP contribution in [0.4, 0.5) is 0 Å². The molecule has 0 amide bonds. The van der Waals surface area contributed by atoms with Crippen LogP contribution in [0.3, 0.4) is 0 Å². The third kappa shape index (κ3) is 3.12. The van der Waals surface area contributed by atoms with Gasteiger partial charge in [-0.15, -0.1) is 0 Å². The molecule has 0 unspecified atom stereocenters. The fourth-order valence-corrected chi connectivity index (χ4v) is 1.42. The second kappa shape index (κ2) is 5.22. The number of nitrogens with two attached hydrogens (primary N) is 1. The number of benzene rings is 1. The van der Waals surface area contributed by atoms with Crippen molar-refractivity contribution in [1.82, 2.24) is 15.4 Å². The van der Waals surface area contributed by atoms with Crippen molar-refractivity contribution in [1.29, 1.82) is 0 Å². The van der Waals surface area contributed by atoms with Crippen LogP contribution in [0.1, 0.15) is 5.56 Å². The smallest absolute Gasteiger partial charge is 0.184 e. The molecule has 0 aliphatic rings.